The molecule has 0 saturated heterocycles. The summed E-state index contributed by atoms with van der Waals surface area (Å²) in [6, 6.07) is 0.693. The lowest BCUT2D eigenvalue weighted by atomic mass is 10.2. The second kappa shape index (κ2) is 7.93. The molecule has 0 bridgehead atoms. The largest absolute Gasteiger partial charge is 0.432 e. The fourth-order valence-electron chi connectivity index (χ4n) is 1.70. The maximum Gasteiger partial charge on any atom is 0.297 e. The van der Waals surface area contributed by atoms with Gasteiger partial charge in [-0.2, -0.15) is 4.98 Å². The zero-order chi connectivity index (χ0) is 13.4. The Labute approximate surface area is 110 Å². The maximum absolute atomic E-state index is 5.52. The molecule has 0 unspecified atom stereocenters. The highest BCUT2D eigenvalue weighted by atomic mass is 16.4. The summed E-state index contributed by atoms with van der Waals surface area (Å²) in [4.78, 5) is 6.59. The van der Waals surface area contributed by atoms with Gasteiger partial charge in [0.05, 0.1) is 5.69 Å². The Hall–Kier alpha value is -1.29. The molecule has 0 aliphatic rings. The van der Waals surface area contributed by atoms with E-state index in [9.17, 15) is 0 Å². The summed E-state index contributed by atoms with van der Waals surface area (Å²) in [5.41, 5.74) is 0.954. The van der Waals surface area contributed by atoms with Crippen LogP contribution in [-0.2, 0) is 6.54 Å². The number of hydrogen-bond donors (Lipinski definition) is 1. The Morgan fingerprint density at radius 3 is 2.94 bits per heavy atom. The highest BCUT2D eigenvalue weighted by Gasteiger charge is 2.10. The van der Waals surface area contributed by atoms with Crippen LogP contribution >= 0.6 is 0 Å². The normalized spacial score (nSPS) is 10.9. The van der Waals surface area contributed by atoms with Crippen molar-refractivity contribution in [1.82, 2.24) is 10.3 Å². The van der Waals surface area contributed by atoms with Crippen molar-refractivity contribution in [2.45, 2.75) is 33.7 Å². The summed E-state index contributed by atoms with van der Waals surface area (Å²) in [6.07, 6.45) is 4.67. The minimum absolute atomic E-state index is 0.647. The molecule has 0 radical (unpaired) electrons. The second-order valence-electron chi connectivity index (χ2n) is 4.88. The minimum atomic E-state index is 0.647. The van der Waals surface area contributed by atoms with Crippen molar-refractivity contribution in [3.8, 4) is 0 Å². The third kappa shape index (κ3) is 4.92. The van der Waals surface area contributed by atoms with Crippen LogP contribution in [0, 0.1) is 5.92 Å². The van der Waals surface area contributed by atoms with Gasteiger partial charge in [0.2, 0.25) is 0 Å². The molecule has 0 fully saturated rings. The minimum Gasteiger partial charge on any atom is -0.432 e. The Kier molecular flexibility index (Phi) is 6.50. The van der Waals surface area contributed by atoms with Gasteiger partial charge in [0.15, 0.2) is 0 Å². The van der Waals surface area contributed by atoms with E-state index in [0.29, 0.717) is 11.9 Å². The van der Waals surface area contributed by atoms with Gasteiger partial charge in [0, 0.05) is 19.6 Å². The molecule has 4 heteroatoms. The van der Waals surface area contributed by atoms with Crippen LogP contribution in [-0.4, -0.2) is 24.6 Å². The van der Waals surface area contributed by atoms with Gasteiger partial charge in [-0.05, 0) is 18.9 Å². The first-order chi connectivity index (χ1) is 8.67. The van der Waals surface area contributed by atoms with E-state index in [-0.39, 0.29) is 0 Å². The number of nitrogens with one attached hydrogen (secondary N) is 1. The molecule has 1 rings (SSSR count). The molecule has 0 aliphatic heterocycles. The van der Waals surface area contributed by atoms with E-state index < -0.39 is 0 Å². The molecular weight excluding hydrogens is 226 g/mol. The first-order valence-corrected chi connectivity index (χ1v) is 6.68. The van der Waals surface area contributed by atoms with Crippen molar-refractivity contribution in [3.63, 3.8) is 0 Å². The number of anilines is 1. The third-order valence-electron chi connectivity index (χ3n) is 2.51. The molecule has 102 valence electrons. The molecule has 4 nitrogen and oxygen atoms in total. The van der Waals surface area contributed by atoms with Gasteiger partial charge in [-0.25, -0.2) is 0 Å². The van der Waals surface area contributed by atoms with Crippen molar-refractivity contribution >= 4 is 6.01 Å². The van der Waals surface area contributed by atoms with E-state index in [1.165, 1.54) is 0 Å². The monoisotopic (exact) mass is 251 g/mol. The predicted molar refractivity (Wildman–Crippen MR) is 75.7 cm³/mol. The van der Waals surface area contributed by atoms with Crippen LogP contribution in [0.3, 0.4) is 0 Å². The molecule has 1 heterocycles. The topological polar surface area (TPSA) is 41.3 Å². The first kappa shape index (κ1) is 14.8. The zero-order valence-corrected chi connectivity index (χ0v) is 11.8. The summed E-state index contributed by atoms with van der Waals surface area (Å²) < 4.78 is 5.52. The van der Waals surface area contributed by atoms with E-state index in [2.05, 4.69) is 42.6 Å². The van der Waals surface area contributed by atoms with E-state index in [1.807, 2.05) is 6.08 Å². The van der Waals surface area contributed by atoms with Gasteiger partial charge in [0.1, 0.15) is 6.26 Å². The van der Waals surface area contributed by atoms with Crippen molar-refractivity contribution < 1.29 is 4.42 Å². The zero-order valence-electron chi connectivity index (χ0n) is 11.8. The standard InChI is InChI=1S/C14H25N3O/c1-5-7-17(8-6-2)14-16-13(11-18-14)10-15-9-12(3)4/h5,11-12,15H,1,6-10H2,2-4H3. The second-order valence-corrected chi connectivity index (χ2v) is 4.88. The third-order valence-corrected chi connectivity index (χ3v) is 2.51. The summed E-state index contributed by atoms with van der Waals surface area (Å²) in [6.45, 7) is 13.7. The molecule has 1 N–H and O–H groups in total. The number of rotatable bonds is 9. The van der Waals surface area contributed by atoms with Crippen LogP contribution in [0.5, 0.6) is 0 Å². The Morgan fingerprint density at radius 2 is 2.33 bits per heavy atom. The molecule has 1 aromatic heterocycles. The van der Waals surface area contributed by atoms with Crippen LogP contribution in [0.2, 0.25) is 0 Å². The summed E-state index contributed by atoms with van der Waals surface area (Å²) >= 11 is 0. The van der Waals surface area contributed by atoms with Crippen LogP contribution < -0.4 is 10.2 Å². The van der Waals surface area contributed by atoms with Crippen LogP contribution in [0.25, 0.3) is 0 Å². The van der Waals surface area contributed by atoms with Gasteiger partial charge < -0.3 is 14.6 Å². The van der Waals surface area contributed by atoms with Crippen LogP contribution in [0.4, 0.5) is 6.01 Å². The number of nitrogens with zero attached hydrogens (tertiary/aromatic N) is 2. The molecule has 0 amide bonds. The highest BCUT2D eigenvalue weighted by Crippen LogP contribution is 2.14. The summed E-state index contributed by atoms with van der Waals surface area (Å²) in [7, 11) is 0. The average molecular weight is 251 g/mol. The van der Waals surface area contributed by atoms with Crippen molar-refractivity contribution in [3.05, 3.63) is 24.6 Å². The number of oxazole rings is 1. The van der Waals surface area contributed by atoms with E-state index in [1.54, 1.807) is 6.26 Å². The maximum atomic E-state index is 5.52. The molecule has 1 aromatic rings. The van der Waals surface area contributed by atoms with Crippen molar-refractivity contribution in [2.24, 2.45) is 5.92 Å². The quantitative estimate of drug-likeness (QED) is 0.685. The van der Waals surface area contributed by atoms with Crippen LogP contribution in [0.15, 0.2) is 23.3 Å². The van der Waals surface area contributed by atoms with Gasteiger partial charge in [-0.15, -0.1) is 6.58 Å². The number of hydrogen-bond acceptors (Lipinski definition) is 4. The highest BCUT2D eigenvalue weighted by molar-refractivity contribution is 5.28. The first-order valence-electron chi connectivity index (χ1n) is 6.68. The van der Waals surface area contributed by atoms with Gasteiger partial charge in [-0.3, -0.25) is 0 Å². The predicted octanol–water partition coefficient (Wildman–Crippen LogP) is 2.82. The smallest absolute Gasteiger partial charge is 0.297 e. The fourth-order valence-corrected chi connectivity index (χ4v) is 1.70. The Bertz CT molecular complexity index is 347. The average Bonchev–Trinajstić information content (AvgIpc) is 2.77. The molecule has 0 saturated carbocycles. The fraction of sp³-hybridized carbons (Fsp3) is 0.643. The molecule has 18 heavy (non-hydrogen) atoms. The molecule has 0 spiro atoms. The molecule has 0 aliphatic carbocycles. The molecule has 0 aromatic carbocycles. The van der Waals surface area contributed by atoms with E-state index >= 15 is 0 Å². The summed E-state index contributed by atoms with van der Waals surface area (Å²) in [5.74, 6) is 0.647. The van der Waals surface area contributed by atoms with Gasteiger partial charge in [-0.1, -0.05) is 26.8 Å². The number of aromatic nitrogens is 1. The lowest BCUT2D eigenvalue weighted by Crippen LogP contribution is -2.24. The lowest BCUT2D eigenvalue weighted by molar-refractivity contribution is 0.531. The van der Waals surface area contributed by atoms with Crippen molar-refractivity contribution in [1.29, 1.82) is 0 Å². The Balaban J connectivity index is 2.51. The van der Waals surface area contributed by atoms with E-state index in [0.717, 1.165) is 38.3 Å². The molecular formula is C14H25N3O. The SMILES string of the molecule is C=CCN(CCC)c1nc(CNCC(C)C)co1. The van der Waals surface area contributed by atoms with E-state index in [4.69, 9.17) is 4.42 Å². The summed E-state index contributed by atoms with van der Waals surface area (Å²) in [5, 5.41) is 3.36. The van der Waals surface area contributed by atoms with Gasteiger partial charge >= 0.3 is 0 Å². The molecule has 0 atom stereocenters. The van der Waals surface area contributed by atoms with Gasteiger partial charge in [0.25, 0.3) is 6.01 Å². The van der Waals surface area contributed by atoms with Crippen molar-refractivity contribution in [2.75, 3.05) is 24.5 Å². The Morgan fingerprint density at radius 1 is 1.56 bits per heavy atom. The lowest BCUT2D eigenvalue weighted by Gasteiger charge is -2.17. The van der Waals surface area contributed by atoms with Crippen LogP contribution in [0.1, 0.15) is 32.9 Å².